The van der Waals surface area contributed by atoms with Crippen molar-refractivity contribution in [3.63, 3.8) is 0 Å². The van der Waals surface area contributed by atoms with Gasteiger partial charge in [0.05, 0.1) is 25.1 Å². The Bertz CT molecular complexity index is 614. The summed E-state index contributed by atoms with van der Waals surface area (Å²) in [5.41, 5.74) is 0.441. The van der Waals surface area contributed by atoms with E-state index < -0.39 is 6.10 Å². The van der Waals surface area contributed by atoms with E-state index in [1.807, 2.05) is 10.6 Å². The van der Waals surface area contributed by atoms with Crippen LogP contribution in [-0.4, -0.2) is 50.4 Å². The molecule has 0 unspecified atom stereocenters. The number of aliphatic hydroxyl groups is 2. The van der Waals surface area contributed by atoms with Gasteiger partial charge in [0.2, 0.25) is 0 Å². The highest BCUT2D eigenvalue weighted by atomic mass is 16.3. The molecule has 0 saturated carbocycles. The lowest BCUT2D eigenvalue weighted by Crippen LogP contribution is -2.53. The Morgan fingerprint density at radius 2 is 2.29 bits per heavy atom. The second-order valence-corrected chi connectivity index (χ2v) is 5.90. The zero-order valence-corrected chi connectivity index (χ0v) is 12.3. The number of imidazole rings is 1. The Kier molecular flexibility index (Phi) is 3.82. The summed E-state index contributed by atoms with van der Waals surface area (Å²) in [5, 5.41) is 20.3. The molecule has 114 valence electrons. The van der Waals surface area contributed by atoms with Crippen molar-refractivity contribution >= 4 is 11.5 Å². The molecule has 1 fully saturated rings. The molecule has 2 N–H and O–H groups in total. The van der Waals surface area contributed by atoms with Crippen molar-refractivity contribution in [1.82, 2.24) is 14.4 Å². The summed E-state index contributed by atoms with van der Waals surface area (Å²) >= 11 is 0. The summed E-state index contributed by atoms with van der Waals surface area (Å²) < 4.78 is 1.98. The maximum Gasteiger partial charge on any atom is 0.156 e. The molecule has 2 aromatic heterocycles. The number of piperidine rings is 1. The smallest absolute Gasteiger partial charge is 0.156 e. The number of hydrogen-bond acceptors (Lipinski definition) is 5. The second-order valence-electron chi connectivity index (χ2n) is 5.90. The summed E-state index contributed by atoms with van der Waals surface area (Å²) in [6, 6.07) is 0. The molecule has 0 bridgehead atoms. The lowest BCUT2D eigenvalue weighted by atomic mass is 9.73. The normalized spacial score (nSPS) is 26.4. The molecule has 0 amide bonds. The van der Waals surface area contributed by atoms with Crippen molar-refractivity contribution in [3.05, 3.63) is 24.8 Å². The van der Waals surface area contributed by atoms with Crippen LogP contribution in [0.2, 0.25) is 0 Å². The predicted octanol–water partition coefficient (Wildman–Crippen LogP) is 1.08. The van der Waals surface area contributed by atoms with Gasteiger partial charge >= 0.3 is 0 Å². The molecule has 0 aliphatic carbocycles. The standard InChI is InChI=1S/C15H22N4O2/c1-2-3-15(11-20)4-6-18(10-12(15)21)14-9-16-8-13-17-5-7-19(13)14/h5,7-9,12,20-21H,2-4,6,10-11H2,1H3/t12-,15+/m0/s1. The van der Waals surface area contributed by atoms with E-state index in [9.17, 15) is 10.2 Å². The Hall–Kier alpha value is -1.66. The molecule has 3 heterocycles. The Labute approximate surface area is 124 Å². The molecule has 1 aliphatic heterocycles. The van der Waals surface area contributed by atoms with Crippen LogP contribution in [0.25, 0.3) is 5.65 Å². The van der Waals surface area contributed by atoms with Crippen molar-refractivity contribution in [2.75, 3.05) is 24.6 Å². The molecule has 6 nitrogen and oxygen atoms in total. The fraction of sp³-hybridized carbons (Fsp3) is 0.600. The molecule has 21 heavy (non-hydrogen) atoms. The monoisotopic (exact) mass is 290 g/mol. The zero-order valence-electron chi connectivity index (χ0n) is 12.3. The lowest BCUT2D eigenvalue weighted by Gasteiger charge is -2.45. The molecule has 0 spiro atoms. The number of rotatable bonds is 4. The first kappa shape index (κ1) is 14.3. The van der Waals surface area contributed by atoms with Gasteiger partial charge in [0, 0.05) is 30.9 Å². The van der Waals surface area contributed by atoms with Gasteiger partial charge in [-0.25, -0.2) is 4.98 Å². The highest BCUT2D eigenvalue weighted by Crippen LogP contribution is 2.37. The van der Waals surface area contributed by atoms with E-state index in [1.54, 1.807) is 18.6 Å². The van der Waals surface area contributed by atoms with Crippen LogP contribution in [0.15, 0.2) is 24.8 Å². The largest absolute Gasteiger partial charge is 0.396 e. The first-order valence-corrected chi connectivity index (χ1v) is 7.51. The fourth-order valence-corrected chi connectivity index (χ4v) is 3.35. The number of aliphatic hydroxyl groups excluding tert-OH is 2. The maximum absolute atomic E-state index is 10.6. The maximum atomic E-state index is 10.6. The van der Waals surface area contributed by atoms with Gasteiger partial charge in [-0.1, -0.05) is 13.3 Å². The van der Waals surface area contributed by atoms with E-state index in [0.29, 0.717) is 6.54 Å². The number of nitrogens with zero attached hydrogens (tertiary/aromatic N) is 4. The minimum absolute atomic E-state index is 0.0450. The summed E-state index contributed by atoms with van der Waals surface area (Å²) in [5.74, 6) is 0.937. The van der Waals surface area contributed by atoms with Gasteiger partial charge in [-0.05, 0) is 12.8 Å². The van der Waals surface area contributed by atoms with Gasteiger partial charge in [-0.3, -0.25) is 9.38 Å². The summed E-state index contributed by atoms with van der Waals surface area (Å²) in [4.78, 5) is 10.6. The molecule has 1 aliphatic rings. The molecule has 6 heteroatoms. The van der Waals surface area contributed by atoms with Gasteiger partial charge in [0.15, 0.2) is 5.65 Å². The first-order valence-electron chi connectivity index (χ1n) is 7.51. The molecule has 2 atom stereocenters. The average molecular weight is 290 g/mol. The number of fused-ring (bicyclic) bond motifs is 1. The van der Waals surface area contributed by atoms with Crippen LogP contribution in [0.4, 0.5) is 5.82 Å². The van der Waals surface area contributed by atoms with Gasteiger partial charge < -0.3 is 15.1 Å². The number of β-amino-alcohol motifs (C(OH)–C–C–N with tert-alkyl or cyclic N) is 1. The highest BCUT2D eigenvalue weighted by Gasteiger charge is 2.41. The van der Waals surface area contributed by atoms with E-state index in [0.717, 1.165) is 37.3 Å². The van der Waals surface area contributed by atoms with E-state index >= 15 is 0 Å². The Morgan fingerprint density at radius 1 is 1.43 bits per heavy atom. The van der Waals surface area contributed by atoms with E-state index in [4.69, 9.17) is 0 Å². The average Bonchev–Trinajstić information content (AvgIpc) is 2.98. The molecule has 0 aromatic carbocycles. The van der Waals surface area contributed by atoms with Crippen molar-refractivity contribution in [1.29, 1.82) is 0 Å². The van der Waals surface area contributed by atoms with Gasteiger partial charge in [0.25, 0.3) is 0 Å². The van der Waals surface area contributed by atoms with Crippen molar-refractivity contribution in [2.45, 2.75) is 32.3 Å². The van der Waals surface area contributed by atoms with Crippen LogP contribution >= 0.6 is 0 Å². The van der Waals surface area contributed by atoms with Crippen molar-refractivity contribution in [3.8, 4) is 0 Å². The van der Waals surface area contributed by atoms with Gasteiger partial charge in [-0.15, -0.1) is 0 Å². The Balaban J connectivity index is 1.85. The molecule has 1 saturated heterocycles. The van der Waals surface area contributed by atoms with E-state index in [1.165, 1.54) is 0 Å². The highest BCUT2D eigenvalue weighted by molar-refractivity contribution is 5.49. The minimum atomic E-state index is -0.532. The first-order chi connectivity index (χ1) is 10.2. The van der Waals surface area contributed by atoms with E-state index in [-0.39, 0.29) is 12.0 Å². The predicted molar refractivity (Wildman–Crippen MR) is 80.3 cm³/mol. The number of aromatic nitrogens is 3. The van der Waals surface area contributed by atoms with Crippen LogP contribution in [0.5, 0.6) is 0 Å². The molecular weight excluding hydrogens is 268 g/mol. The van der Waals surface area contributed by atoms with Gasteiger partial charge in [-0.2, -0.15) is 0 Å². The van der Waals surface area contributed by atoms with Crippen molar-refractivity contribution < 1.29 is 10.2 Å². The molecular formula is C15H22N4O2. The topological polar surface area (TPSA) is 73.9 Å². The SMILES string of the molecule is CCC[C@]1(CO)CCN(c2cncc3nccn23)C[C@@H]1O. The summed E-state index contributed by atoms with van der Waals surface area (Å²) in [7, 11) is 0. The summed E-state index contributed by atoms with van der Waals surface area (Å²) in [6.45, 7) is 3.45. The van der Waals surface area contributed by atoms with Crippen LogP contribution in [-0.2, 0) is 0 Å². The third-order valence-electron chi connectivity index (χ3n) is 4.66. The van der Waals surface area contributed by atoms with Gasteiger partial charge in [0.1, 0.15) is 5.82 Å². The number of anilines is 1. The third-order valence-corrected chi connectivity index (χ3v) is 4.66. The molecule has 0 radical (unpaired) electrons. The minimum Gasteiger partial charge on any atom is -0.396 e. The van der Waals surface area contributed by atoms with Crippen LogP contribution in [0.3, 0.4) is 0 Å². The Morgan fingerprint density at radius 3 is 3.00 bits per heavy atom. The zero-order chi connectivity index (χ0) is 14.9. The van der Waals surface area contributed by atoms with Crippen LogP contribution in [0, 0.1) is 5.41 Å². The molecule has 2 aromatic rings. The summed E-state index contributed by atoms with van der Waals surface area (Å²) in [6.07, 6.45) is 9.24. The second kappa shape index (κ2) is 5.61. The fourth-order valence-electron chi connectivity index (χ4n) is 3.35. The van der Waals surface area contributed by atoms with Crippen molar-refractivity contribution in [2.24, 2.45) is 5.41 Å². The van der Waals surface area contributed by atoms with Crippen LogP contribution < -0.4 is 4.90 Å². The quantitative estimate of drug-likeness (QED) is 0.881. The lowest BCUT2D eigenvalue weighted by molar-refractivity contribution is -0.0372. The third kappa shape index (κ3) is 2.38. The number of hydrogen-bond donors (Lipinski definition) is 2. The van der Waals surface area contributed by atoms with Crippen LogP contribution in [0.1, 0.15) is 26.2 Å². The van der Waals surface area contributed by atoms with E-state index in [2.05, 4.69) is 21.8 Å². The molecule has 3 rings (SSSR count).